The van der Waals surface area contributed by atoms with Gasteiger partial charge in [-0.25, -0.2) is 0 Å². The number of ether oxygens (including phenoxy) is 1. The van der Waals surface area contributed by atoms with Crippen molar-refractivity contribution in [1.82, 2.24) is 5.32 Å². The average Bonchev–Trinajstić information content (AvgIpc) is 2.30. The van der Waals surface area contributed by atoms with Crippen molar-refractivity contribution in [2.24, 2.45) is 0 Å². The van der Waals surface area contributed by atoms with E-state index in [0.29, 0.717) is 11.4 Å². The maximum Gasteiger partial charge on any atom is 0.258 e. The standard InChI is InChI=1S/C13H19BrN2O2/c1-4-13(2,3)16-12(17)8-18-11-7-9(15)5-6-10(11)14/h5-7H,4,8,15H2,1-3H3,(H,16,17). The van der Waals surface area contributed by atoms with Crippen molar-refractivity contribution >= 4 is 27.5 Å². The van der Waals surface area contributed by atoms with E-state index < -0.39 is 0 Å². The van der Waals surface area contributed by atoms with Gasteiger partial charge in [0.2, 0.25) is 0 Å². The van der Waals surface area contributed by atoms with Crippen molar-refractivity contribution in [3.05, 3.63) is 22.7 Å². The number of benzene rings is 1. The molecule has 0 fully saturated rings. The summed E-state index contributed by atoms with van der Waals surface area (Å²) in [6.07, 6.45) is 0.862. The molecule has 0 radical (unpaired) electrons. The summed E-state index contributed by atoms with van der Waals surface area (Å²) in [6, 6.07) is 5.23. The number of nitrogen functional groups attached to an aromatic ring is 1. The van der Waals surface area contributed by atoms with Gasteiger partial charge >= 0.3 is 0 Å². The van der Waals surface area contributed by atoms with E-state index in [4.69, 9.17) is 10.5 Å². The number of nitrogens with two attached hydrogens (primary N) is 1. The van der Waals surface area contributed by atoms with Crippen LogP contribution in [0.2, 0.25) is 0 Å². The van der Waals surface area contributed by atoms with Crippen LogP contribution in [0.25, 0.3) is 0 Å². The molecule has 0 aromatic heterocycles. The lowest BCUT2D eigenvalue weighted by Gasteiger charge is -2.24. The van der Waals surface area contributed by atoms with Gasteiger partial charge in [-0.3, -0.25) is 4.79 Å². The fraction of sp³-hybridized carbons (Fsp3) is 0.462. The fourth-order valence-corrected chi connectivity index (χ4v) is 1.64. The number of carbonyl (C=O) groups excluding carboxylic acids is 1. The van der Waals surface area contributed by atoms with Crippen LogP contribution in [0.5, 0.6) is 5.75 Å². The van der Waals surface area contributed by atoms with Crippen LogP contribution in [0.15, 0.2) is 22.7 Å². The van der Waals surface area contributed by atoms with Gasteiger partial charge in [0.1, 0.15) is 5.75 Å². The smallest absolute Gasteiger partial charge is 0.258 e. The maximum atomic E-state index is 11.7. The molecule has 1 aromatic rings. The molecule has 0 bridgehead atoms. The van der Waals surface area contributed by atoms with E-state index in [1.165, 1.54) is 0 Å². The minimum absolute atomic E-state index is 0.0223. The second kappa shape index (κ2) is 6.09. The van der Waals surface area contributed by atoms with Crippen LogP contribution < -0.4 is 15.8 Å². The first-order chi connectivity index (χ1) is 8.34. The quantitative estimate of drug-likeness (QED) is 0.821. The molecule has 5 heteroatoms. The molecule has 1 amide bonds. The van der Waals surface area contributed by atoms with Crippen molar-refractivity contribution in [3.63, 3.8) is 0 Å². The maximum absolute atomic E-state index is 11.7. The van der Waals surface area contributed by atoms with Crippen molar-refractivity contribution < 1.29 is 9.53 Å². The van der Waals surface area contributed by atoms with Gasteiger partial charge in [0, 0.05) is 17.3 Å². The Labute approximate surface area is 116 Å². The normalized spacial score (nSPS) is 11.1. The number of nitrogens with one attached hydrogen (secondary N) is 1. The zero-order chi connectivity index (χ0) is 13.8. The fourth-order valence-electron chi connectivity index (χ4n) is 1.28. The van der Waals surface area contributed by atoms with Gasteiger partial charge in [-0.1, -0.05) is 6.92 Å². The summed E-state index contributed by atoms with van der Waals surface area (Å²) < 4.78 is 6.21. The summed E-state index contributed by atoms with van der Waals surface area (Å²) in [5, 5.41) is 2.90. The average molecular weight is 315 g/mol. The van der Waals surface area contributed by atoms with Gasteiger partial charge in [-0.05, 0) is 48.3 Å². The third-order valence-corrected chi connectivity index (χ3v) is 3.33. The highest BCUT2D eigenvalue weighted by Crippen LogP contribution is 2.26. The predicted molar refractivity (Wildman–Crippen MR) is 76.6 cm³/mol. The van der Waals surface area contributed by atoms with E-state index in [0.717, 1.165) is 10.9 Å². The first-order valence-electron chi connectivity index (χ1n) is 5.83. The number of hydrogen-bond donors (Lipinski definition) is 2. The summed E-state index contributed by atoms with van der Waals surface area (Å²) in [4.78, 5) is 11.7. The number of hydrogen-bond acceptors (Lipinski definition) is 3. The van der Waals surface area contributed by atoms with E-state index in [1.54, 1.807) is 18.2 Å². The molecular weight excluding hydrogens is 296 g/mol. The monoisotopic (exact) mass is 314 g/mol. The number of halogens is 1. The van der Waals surface area contributed by atoms with E-state index in [2.05, 4.69) is 21.2 Å². The molecule has 0 spiro atoms. The highest BCUT2D eigenvalue weighted by molar-refractivity contribution is 9.10. The van der Waals surface area contributed by atoms with Gasteiger partial charge in [0.05, 0.1) is 4.47 Å². The number of amides is 1. The highest BCUT2D eigenvalue weighted by Gasteiger charge is 2.18. The summed E-state index contributed by atoms with van der Waals surface area (Å²) in [6.45, 7) is 5.95. The van der Waals surface area contributed by atoms with E-state index in [-0.39, 0.29) is 18.1 Å². The van der Waals surface area contributed by atoms with Crippen LogP contribution in [-0.2, 0) is 4.79 Å². The van der Waals surface area contributed by atoms with Gasteiger partial charge in [-0.2, -0.15) is 0 Å². The molecule has 18 heavy (non-hydrogen) atoms. The predicted octanol–water partition coefficient (Wildman–Crippen LogP) is 2.71. The van der Waals surface area contributed by atoms with Gasteiger partial charge in [0.15, 0.2) is 6.61 Å². The van der Waals surface area contributed by atoms with Crippen molar-refractivity contribution in [3.8, 4) is 5.75 Å². The Morgan fingerprint density at radius 3 is 2.78 bits per heavy atom. The third kappa shape index (κ3) is 4.56. The Morgan fingerprint density at radius 2 is 2.17 bits per heavy atom. The largest absolute Gasteiger partial charge is 0.483 e. The van der Waals surface area contributed by atoms with Crippen LogP contribution in [0.4, 0.5) is 5.69 Å². The lowest BCUT2D eigenvalue weighted by Crippen LogP contribution is -2.44. The Balaban J connectivity index is 2.55. The minimum atomic E-state index is -0.215. The molecule has 3 N–H and O–H groups in total. The van der Waals surface area contributed by atoms with Crippen LogP contribution in [0.1, 0.15) is 27.2 Å². The van der Waals surface area contributed by atoms with Crippen LogP contribution in [0.3, 0.4) is 0 Å². The van der Waals surface area contributed by atoms with Gasteiger partial charge in [0.25, 0.3) is 5.91 Å². The molecule has 0 aliphatic carbocycles. The van der Waals surface area contributed by atoms with Crippen molar-refractivity contribution in [1.29, 1.82) is 0 Å². The second-order valence-corrected chi connectivity index (χ2v) is 5.62. The summed E-state index contributed by atoms with van der Waals surface area (Å²) in [5.41, 5.74) is 6.04. The number of anilines is 1. The Morgan fingerprint density at radius 1 is 1.50 bits per heavy atom. The second-order valence-electron chi connectivity index (χ2n) is 4.76. The van der Waals surface area contributed by atoms with E-state index in [1.807, 2.05) is 20.8 Å². The molecular formula is C13H19BrN2O2. The Kier molecular flexibility index (Phi) is 5.02. The summed E-state index contributed by atoms with van der Waals surface area (Å²) >= 11 is 3.34. The van der Waals surface area contributed by atoms with E-state index in [9.17, 15) is 4.79 Å². The van der Waals surface area contributed by atoms with Gasteiger partial charge < -0.3 is 15.8 Å². The van der Waals surface area contributed by atoms with Crippen LogP contribution in [0, 0.1) is 0 Å². The van der Waals surface area contributed by atoms with Gasteiger partial charge in [-0.15, -0.1) is 0 Å². The molecule has 0 heterocycles. The lowest BCUT2D eigenvalue weighted by atomic mass is 10.0. The Bertz CT molecular complexity index is 433. The SMILES string of the molecule is CCC(C)(C)NC(=O)COc1cc(N)ccc1Br. The van der Waals surface area contributed by atoms with Crippen molar-refractivity contribution in [2.45, 2.75) is 32.7 Å². The highest BCUT2D eigenvalue weighted by atomic mass is 79.9. The molecule has 1 aromatic carbocycles. The number of carbonyl (C=O) groups is 1. The molecule has 4 nitrogen and oxygen atoms in total. The molecule has 1 rings (SSSR count). The molecule has 0 saturated heterocycles. The lowest BCUT2D eigenvalue weighted by molar-refractivity contribution is -0.124. The summed E-state index contributed by atoms with van der Waals surface area (Å²) in [5.74, 6) is 0.427. The van der Waals surface area contributed by atoms with E-state index >= 15 is 0 Å². The van der Waals surface area contributed by atoms with Crippen LogP contribution >= 0.6 is 15.9 Å². The zero-order valence-corrected chi connectivity index (χ0v) is 12.5. The molecule has 100 valence electrons. The molecule has 0 aliphatic rings. The van der Waals surface area contributed by atoms with Crippen LogP contribution in [-0.4, -0.2) is 18.1 Å². The third-order valence-electron chi connectivity index (χ3n) is 2.68. The minimum Gasteiger partial charge on any atom is -0.483 e. The first-order valence-corrected chi connectivity index (χ1v) is 6.62. The molecule has 0 unspecified atom stereocenters. The zero-order valence-electron chi connectivity index (χ0n) is 10.9. The Hall–Kier alpha value is -1.23. The van der Waals surface area contributed by atoms with Crippen molar-refractivity contribution in [2.75, 3.05) is 12.3 Å². The summed E-state index contributed by atoms with van der Waals surface area (Å²) in [7, 11) is 0. The topological polar surface area (TPSA) is 64.3 Å². The number of rotatable bonds is 5. The molecule has 0 aliphatic heterocycles. The first kappa shape index (κ1) is 14.8. The molecule has 0 atom stereocenters. The molecule has 0 saturated carbocycles.